The normalized spacial score (nSPS) is 17.4. The average Bonchev–Trinajstić information content (AvgIpc) is 3.00. The molecule has 2 amide bonds. The molecule has 1 aliphatic heterocycles. The van der Waals surface area contributed by atoms with Gasteiger partial charge in [-0.05, 0) is 38.0 Å². The number of amides is 2. The van der Waals surface area contributed by atoms with Gasteiger partial charge in [-0.25, -0.2) is 13.1 Å². The third-order valence-corrected chi connectivity index (χ3v) is 7.63. The van der Waals surface area contributed by atoms with Crippen molar-refractivity contribution in [3.8, 4) is 0 Å². The lowest BCUT2D eigenvalue weighted by atomic mass is 9.97. The van der Waals surface area contributed by atoms with Gasteiger partial charge in [0.15, 0.2) is 0 Å². The summed E-state index contributed by atoms with van der Waals surface area (Å²) in [4.78, 5) is 26.6. The van der Waals surface area contributed by atoms with E-state index >= 15 is 0 Å². The van der Waals surface area contributed by atoms with E-state index in [9.17, 15) is 18.0 Å². The number of halogens is 2. The fraction of sp³-hybridized carbons (Fsp3) is 0.333. The van der Waals surface area contributed by atoms with Gasteiger partial charge in [-0.1, -0.05) is 40.9 Å². The van der Waals surface area contributed by atoms with E-state index in [1.807, 2.05) is 19.1 Å². The van der Waals surface area contributed by atoms with E-state index in [-0.39, 0.29) is 26.0 Å². The summed E-state index contributed by atoms with van der Waals surface area (Å²) in [5, 5.41) is 0. The van der Waals surface area contributed by atoms with E-state index in [0.29, 0.717) is 24.9 Å². The Hall–Kier alpha value is -1.61. The summed E-state index contributed by atoms with van der Waals surface area (Å²) in [6.07, 6.45) is 1.11. The van der Waals surface area contributed by atoms with Crippen molar-refractivity contribution in [2.24, 2.45) is 5.92 Å². The predicted octanol–water partition coefficient (Wildman–Crippen LogP) is 3.72. The number of rotatable bonds is 4. The molecule has 1 aromatic heterocycles. The van der Waals surface area contributed by atoms with Gasteiger partial charge in [0.1, 0.15) is 9.23 Å². The second-order valence-electron chi connectivity index (χ2n) is 6.61. The predicted molar refractivity (Wildman–Crippen MR) is 109 cm³/mol. The Labute approximate surface area is 177 Å². The Kier molecular flexibility index (Phi) is 6.34. The van der Waals surface area contributed by atoms with Crippen LogP contribution in [0.1, 0.15) is 28.8 Å². The van der Waals surface area contributed by atoms with Crippen molar-refractivity contribution in [3.63, 3.8) is 0 Å². The Morgan fingerprint density at radius 2 is 1.89 bits per heavy atom. The number of hydrogen-bond acceptors (Lipinski definition) is 5. The number of hydrogen-bond donors (Lipinski definition) is 1. The third kappa shape index (κ3) is 4.68. The first-order valence-corrected chi connectivity index (χ1v) is 11.6. The number of carbonyl (C=O) groups is 2. The van der Waals surface area contributed by atoms with Crippen LogP contribution < -0.4 is 4.72 Å². The Morgan fingerprint density at radius 3 is 2.50 bits per heavy atom. The SMILES string of the molecule is Cc1ccc(C(=O)N2CCCC(C(=O)NS(=O)(=O)c3cc(Cl)sc3Cl)C2)cc1. The third-order valence-electron chi connectivity index (χ3n) is 4.53. The number of piperidine rings is 1. The van der Waals surface area contributed by atoms with Crippen molar-refractivity contribution >= 4 is 56.4 Å². The molecule has 1 fully saturated rings. The lowest BCUT2D eigenvalue weighted by Crippen LogP contribution is -2.46. The molecule has 2 heterocycles. The van der Waals surface area contributed by atoms with Crippen molar-refractivity contribution in [3.05, 3.63) is 50.1 Å². The van der Waals surface area contributed by atoms with Crippen molar-refractivity contribution < 1.29 is 18.0 Å². The highest BCUT2D eigenvalue weighted by Crippen LogP contribution is 2.34. The zero-order valence-corrected chi connectivity index (χ0v) is 18.1. The lowest BCUT2D eigenvalue weighted by molar-refractivity contribution is -0.124. The van der Waals surface area contributed by atoms with Gasteiger partial charge in [0, 0.05) is 18.7 Å². The summed E-state index contributed by atoms with van der Waals surface area (Å²) >= 11 is 12.6. The van der Waals surface area contributed by atoms with Gasteiger partial charge in [0.05, 0.1) is 10.3 Å². The van der Waals surface area contributed by atoms with E-state index < -0.39 is 21.8 Å². The van der Waals surface area contributed by atoms with Crippen LogP contribution in [-0.2, 0) is 14.8 Å². The molecule has 0 aliphatic carbocycles. The molecule has 3 rings (SSSR count). The van der Waals surface area contributed by atoms with Gasteiger partial charge in [-0.15, -0.1) is 11.3 Å². The van der Waals surface area contributed by atoms with Gasteiger partial charge in [0.2, 0.25) is 5.91 Å². The largest absolute Gasteiger partial charge is 0.338 e. The molecule has 1 aromatic carbocycles. The Morgan fingerprint density at radius 1 is 1.21 bits per heavy atom. The minimum absolute atomic E-state index is 0.00915. The van der Waals surface area contributed by atoms with E-state index in [4.69, 9.17) is 23.2 Å². The van der Waals surface area contributed by atoms with Crippen molar-refractivity contribution in [1.82, 2.24) is 9.62 Å². The van der Waals surface area contributed by atoms with Gasteiger partial charge >= 0.3 is 0 Å². The number of nitrogens with zero attached hydrogens (tertiary/aromatic N) is 1. The van der Waals surface area contributed by atoms with Crippen LogP contribution in [0.3, 0.4) is 0 Å². The first-order valence-electron chi connectivity index (χ1n) is 8.55. The fourth-order valence-electron chi connectivity index (χ4n) is 3.03. The molecule has 1 aliphatic rings. The van der Waals surface area contributed by atoms with Crippen LogP contribution in [0.2, 0.25) is 8.67 Å². The van der Waals surface area contributed by atoms with Gasteiger partial charge < -0.3 is 4.90 Å². The standard InChI is InChI=1S/C18H18Cl2N2O4S2/c1-11-4-6-12(7-5-11)18(24)22-8-2-3-13(10-22)17(23)21-28(25,26)14-9-15(19)27-16(14)20/h4-7,9,13H,2-3,8,10H2,1H3,(H,21,23). The second kappa shape index (κ2) is 8.41. The summed E-state index contributed by atoms with van der Waals surface area (Å²) in [6.45, 7) is 2.62. The molecule has 0 bridgehead atoms. The molecule has 1 saturated heterocycles. The molecular formula is C18H18Cl2N2O4S2. The maximum Gasteiger partial charge on any atom is 0.266 e. The first kappa shape index (κ1) is 21.1. The molecule has 10 heteroatoms. The van der Waals surface area contributed by atoms with Crippen LogP contribution in [0.4, 0.5) is 0 Å². The van der Waals surface area contributed by atoms with Gasteiger partial charge in [0.25, 0.3) is 15.9 Å². The minimum atomic E-state index is -4.12. The van der Waals surface area contributed by atoms with Crippen LogP contribution >= 0.6 is 34.5 Å². The molecule has 0 saturated carbocycles. The number of benzene rings is 1. The highest BCUT2D eigenvalue weighted by molar-refractivity contribution is 7.90. The quantitative estimate of drug-likeness (QED) is 0.753. The highest BCUT2D eigenvalue weighted by Gasteiger charge is 2.32. The van der Waals surface area contributed by atoms with Crippen molar-refractivity contribution in [2.45, 2.75) is 24.7 Å². The Balaban J connectivity index is 1.69. The number of nitrogens with one attached hydrogen (secondary N) is 1. The number of likely N-dealkylation sites (tertiary alicyclic amines) is 1. The topological polar surface area (TPSA) is 83.6 Å². The Bertz CT molecular complexity index is 1000. The van der Waals surface area contributed by atoms with Crippen LogP contribution in [-0.4, -0.2) is 38.2 Å². The molecule has 6 nitrogen and oxygen atoms in total. The van der Waals surface area contributed by atoms with Crippen molar-refractivity contribution in [2.75, 3.05) is 13.1 Å². The molecule has 2 aromatic rings. The molecule has 28 heavy (non-hydrogen) atoms. The van der Waals surface area contributed by atoms with E-state index in [2.05, 4.69) is 4.72 Å². The minimum Gasteiger partial charge on any atom is -0.338 e. The van der Waals surface area contributed by atoms with Crippen molar-refractivity contribution in [1.29, 1.82) is 0 Å². The highest BCUT2D eigenvalue weighted by atomic mass is 35.5. The van der Waals surface area contributed by atoms with Crippen LogP contribution in [0.15, 0.2) is 35.2 Å². The number of sulfonamides is 1. The van der Waals surface area contributed by atoms with E-state index in [1.54, 1.807) is 17.0 Å². The maximum atomic E-state index is 12.7. The summed E-state index contributed by atoms with van der Waals surface area (Å²) in [5.41, 5.74) is 1.59. The number of thiophene rings is 1. The molecule has 1 atom stereocenters. The fourth-order valence-corrected chi connectivity index (χ4v) is 6.23. The summed E-state index contributed by atoms with van der Waals surface area (Å²) in [5.74, 6) is -1.45. The van der Waals surface area contributed by atoms with E-state index in [1.165, 1.54) is 6.07 Å². The molecule has 1 N–H and O–H groups in total. The molecule has 150 valence electrons. The average molecular weight is 461 g/mol. The summed E-state index contributed by atoms with van der Waals surface area (Å²) in [6, 6.07) is 8.40. The van der Waals surface area contributed by atoms with Crippen LogP contribution in [0.25, 0.3) is 0 Å². The first-order chi connectivity index (χ1) is 13.2. The smallest absolute Gasteiger partial charge is 0.266 e. The summed E-state index contributed by atoms with van der Waals surface area (Å²) < 4.78 is 27.1. The number of aryl methyl sites for hydroxylation is 1. The lowest BCUT2D eigenvalue weighted by Gasteiger charge is -2.32. The molecule has 0 radical (unpaired) electrons. The zero-order chi connectivity index (χ0) is 20.5. The molecular weight excluding hydrogens is 443 g/mol. The monoisotopic (exact) mass is 460 g/mol. The zero-order valence-electron chi connectivity index (χ0n) is 14.9. The van der Waals surface area contributed by atoms with Crippen LogP contribution in [0.5, 0.6) is 0 Å². The summed E-state index contributed by atoms with van der Waals surface area (Å²) in [7, 11) is -4.12. The number of carbonyl (C=O) groups excluding carboxylic acids is 2. The molecule has 1 unspecified atom stereocenters. The molecule has 0 spiro atoms. The van der Waals surface area contributed by atoms with Crippen LogP contribution in [0, 0.1) is 12.8 Å². The van der Waals surface area contributed by atoms with E-state index in [0.717, 1.165) is 16.9 Å². The maximum absolute atomic E-state index is 12.7. The van der Waals surface area contributed by atoms with Gasteiger partial charge in [-0.2, -0.15) is 0 Å². The van der Waals surface area contributed by atoms with Gasteiger partial charge in [-0.3, -0.25) is 9.59 Å². The second-order valence-corrected chi connectivity index (χ2v) is 10.6.